The minimum Gasteiger partial charge on any atom is -0.334 e. The first-order valence-electron chi connectivity index (χ1n) is 7.37. The van der Waals surface area contributed by atoms with Crippen molar-refractivity contribution in [1.29, 1.82) is 5.26 Å². The Morgan fingerprint density at radius 3 is 2.24 bits per heavy atom. The number of nitrogens with one attached hydrogen (secondary N) is 1. The van der Waals surface area contributed by atoms with Gasteiger partial charge in [0.15, 0.2) is 0 Å². The molecule has 0 atom stereocenters. The van der Waals surface area contributed by atoms with Gasteiger partial charge in [-0.05, 0) is 51.8 Å². The zero-order chi connectivity index (χ0) is 15.6. The van der Waals surface area contributed by atoms with E-state index in [4.69, 9.17) is 0 Å². The van der Waals surface area contributed by atoms with Gasteiger partial charge >= 0.3 is 0 Å². The third-order valence-corrected chi connectivity index (χ3v) is 4.31. The van der Waals surface area contributed by atoms with E-state index in [2.05, 4.69) is 16.3 Å². The molecule has 1 heterocycles. The van der Waals surface area contributed by atoms with Crippen molar-refractivity contribution >= 4 is 5.91 Å². The highest BCUT2D eigenvalue weighted by atomic mass is 16.1. The first-order valence-corrected chi connectivity index (χ1v) is 7.37. The predicted octanol–water partition coefficient (Wildman–Crippen LogP) is 2.33. The molecule has 0 aliphatic carbocycles. The molecule has 1 aliphatic heterocycles. The largest absolute Gasteiger partial charge is 0.334 e. The van der Waals surface area contributed by atoms with Crippen LogP contribution in [0, 0.1) is 32.1 Å². The van der Waals surface area contributed by atoms with Gasteiger partial charge in [-0.3, -0.25) is 4.79 Å². The molecule has 1 fully saturated rings. The van der Waals surface area contributed by atoms with Gasteiger partial charge in [0.25, 0.3) is 5.91 Å². The second-order valence-corrected chi connectivity index (χ2v) is 6.23. The van der Waals surface area contributed by atoms with Crippen LogP contribution in [0.2, 0.25) is 0 Å². The van der Waals surface area contributed by atoms with Crippen molar-refractivity contribution in [3.8, 4) is 6.07 Å². The van der Waals surface area contributed by atoms with Crippen LogP contribution in [0.5, 0.6) is 0 Å². The maximum absolute atomic E-state index is 12.6. The number of likely N-dealkylation sites (tertiary alicyclic amines) is 1. The molecule has 0 spiro atoms. The summed E-state index contributed by atoms with van der Waals surface area (Å²) in [5.74, 6) is -0.129. The van der Waals surface area contributed by atoms with E-state index in [-0.39, 0.29) is 5.91 Å². The van der Waals surface area contributed by atoms with Gasteiger partial charge in [0.2, 0.25) is 0 Å². The van der Waals surface area contributed by atoms with Crippen molar-refractivity contribution in [1.82, 2.24) is 10.2 Å². The van der Waals surface area contributed by atoms with E-state index >= 15 is 0 Å². The molecule has 1 aromatic rings. The van der Waals surface area contributed by atoms with Crippen LogP contribution in [-0.2, 0) is 0 Å². The second-order valence-electron chi connectivity index (χ2n) is 6.23. The lowest BCUT2D eigenvalue weighted by atomic mass is 9.88. The number of aryl methyl sites for hydroxylation is 3. The Kier molecular flexibility index (Phi) is 4.34. The first kappa shape index (κ1) is 15.5. The van der Waals surface area contributed by atoms with Crippen molar-refractivity contribution in [2.24, 2.45) is 0 Å². The van der Waals surface area contributed by atoms with Gasteiger partial charge in [0.1, 0.15) is 5.54 Å². The number of carbonyl (C=O) groups is 1. The fourth-order valence-electron chi connectivity index (χ4n) is 3.08. The van der Waals surface area contributed by atoms with Crippen LogP contribution >= 0.6 is 0 Å². The highest BCUT2D eigenvalue weighted by molar-refractivity contribution is 5.97. The number of nitrogens with zero attached hydrogens (tertiary/aromatic N) is 2. The molecule has 112 valence electrons. The van der Waals surface area contributed by atoms with E-state index in [1.165, 1.54) is 0 Å². The van der Waals surface area contributed by atoms with Crippen molar-refractivity contribution in [3.05, 3.63) is 34.4 Å². The van der Waals surface area contributed by atoms with Crippen molar-refractivity contribution in [2.45, 2.75) is 39.2 Å². The topological polar surface area (TPSA) is 56.1 Å². The van der Waals surface area contributed by atoms with Crippen molar-refractivity contribution in [2.75, 3.05) is 20.1 Å². The van der Waals surface area contributed by atoms with E-state index in [1.54, 1.807) is 0 Å². The van der Waals surface area contributed by atoms with E-state index in [0.29, 0.717) is 18.4 Å². The first-order chi connectivity index (χ1) is 9.87. The Bertz CT molecular complexity index is 570. The molecule has 0 bridgehead atoms. The Labute approximate surface area is 126 Å². The Morgan fingerprint density at radius 2 is 1.76 bits per heavy atom. The van der Waals surface area contributed by atoms with Gasteiger partial charge < -0.3 is 10.2 Å². The normalized spacial score (nSPS) is 18.0. The summed E-state index contributed by atoms with van der Waals surface area (Å²) >= 11 is 0. The number of piperidine rings is 1. The van der Waals surface area contributed by atoms with Crippen LogP contribution < -0.4 is 5.32 Å². The number of rotatable bonds is 2. The van der Waals surface area contributed by atoms with E-state index in [0.717, 1.165) is 29.8 Å². The molecule has 2 rings (SSSR count). The maximum atomic E-state index is 12.6. The summed E-state index contributed by atoms with van der Waals surface area (Å²) in [6, 6.07) is 6.35. The molecule has 1 N–H and O–H groups in total. The number of benzene rings is 1. The molecule has 0 unspecified atom stereocenters. The molecular weight excluding hydrogens is 262 g/mol. The Morgan fingerprint density at radius 1 is 1.24 bits per heavy atom. The quantitative estimate of drug-likeness (QED) is 0.907. The summed E-state index contributed by atoms with van der Waals surface area (Å²) < 4.78 is 0. The maximum Gasteiger partial charge on any atom is 0.253 e. The molecule has 21 heavy (non-hydrogen) atoms. The zero-order valence-electron chi connectivity index (χ0n) is 13.3. The van der Waals surface area contributed by atoms with Gasteiger partial charge in [0.05, 0.1) is 6.07 Å². The molecule has 0 aromatic heterocycles. The standard InChI is InChI=1S/C17H23N3O/c1-12-9-13(2)15(14(3)10-12)16(21)19-17(11-18)5-7-20(4)8-6-17/h9-10H,5-8H2,1-4H3,(H,19,21). The monoisotopic (exact) mass is 285 g/mol. The van der Waals surface area contributed by atoms with E-state index in [1.807, 2.05) is 40.0 Å². The molecule has 0 saturated carbocycles. The summed E-state index contributed by atoms with van der Waals surface area (Å²) in [6.45, 7) is 7.58. The molecule has 4 heteroatoms. The van der Waals surface area contributed by atoms with Crippen LogP contribution in [0.15, 0.2) is 12.1 Å². The van der Waals surface area contributed by atoms with Crippen molar-refractivity contribution in [3.63, 3.8) is 0 Å². The van der Waals surface area contributed by atoms with Gasteiger partial charge in [-0.2, -0.15) is 5.26 Å². The highest BCUT2D eigenvalue weighted by Gasteiger charge is 2.35. The molecule has 0 radical (unpaired) electrons. The molecule has 4 nitrogen and oxygen atoms in total. The smallest absolute Gasteiger partial charge is 0.253 e. The molecular formula is C17H23N3O. The number of nitriles is 1. The van der Waals surface area contributed by atoms with Gasteiger partial charge in [-0.15, -0.1) is 0 Å². The number of amides is 1. The molecule has 1 saturated heterocycles. The lowest BCUT2D eigenvalue weighted by Gasteiger charge is -2.36. The van der Waals surface area contributed by atoms with Crippen LogP contribution in [0.1, 0.15) is 39.9 Å². The Balaban J connectivity index is 2.24. The average molecular weight is 285 g/mol. The predicted molar refractivity (Wildman–Crippen MR) is 83.2 cm³/mol. The second kappa shape index (κ2) is 5.87. The average Bonchev–Trinajstić information content (AvgIpc) is 2.40. The highest BCUT2D eigenvalue weighted by Crippen LogP contribution is 2.23. The van der Waals surface area contributed by atoms with Crippen LogP contribution in [0.3, 0.4) is 0 Å². The number of hydrogen-bond donors (Lipinski definition) is 1. The minimum absolute atomic E-state index is 0.129. The van der Waals surface area contributed by atoms with Gasteiger partial charge in [-0.1, -0.05) is 17.7 Å². The summed E-state index contributed by atoms with van der Waals surface area (Å²) in [5, 5.41) is 12.5. The van der Waals surface area contributed by atoms with E-state index in [9.17, 15) is 10.1 Å². The Hall–Kier alpha value is -1.86. The van der Waals surface area contributed by atoms with Gasteiger partial charge in [-0.25, -0.2) is 0 Å². The SMILES string of the molecule is Cc1cc(C)c(C(=O)NC2(C#N)CCN(C)CC2)c(C)c1. The van der Waals surface area contributed by atoms with Gasteiger partial charge in [0, 0.05) is 18.7 Å². The lowest BCUT2D eigenvalue weighted by molar-refractivity contribution is 0.0880. The van der Waals surface area contributed by atoms with Crippen LogP contribution in [-0.4, -0.2) is 36.5 Å². The zero-order valence-corrected chi connectivity index (χ0v) is 13.3. The summed E-state index contributed by atoms with van der Waals surface area (Å²) in [4.78, 5) is 14.8. The minimum atomic E-state index is -0.729. The fraction of sp³-hybridized carbons (Fsp3) is 0.529. The third-order valence-electron chi connectivity index (χ3n) is 4.31. The molecule has 1 amide bonds. The lowest BCUT2D eigenvalue weighted by Crippen LogP contribution is -2.54. The number of hydrogen-bond acceptors (Lipinski definition) is 3. The van der Waals surface area contributed by atoms with Crippen LogP contribution in [0.4, 0.5) is 0 Å². The summed E-state index contributed by atoms with van der Waals surface area (Å²) in [6.07, 6.45) is 1.35. The fourth-order valence-corrected chi connectivity index (χ4v) is 3.08. The number of carbonyl (C=O) groups excluding carboxylic acids is 1. The van der Waals surface area contributed by atoms with Crippen LogP contribution in [0.25, 0.3) is 0 Å². The van der Waals surface area contributed by atoms with E-state index < -0.39 is 5.54 Å². The molecule has 1 aliphatic rings. The summed E-state index contributed by atoms with van der Waals surface area (Å²) in [5.41, 5.74) is 3.05. The molecule has 1 aromatic carbocycles. The van der Waals surface area contributed by atoms with Crippen molar-refractivity contribution < 1.29 is 4.79 Å². The third kappa shape index (κ3) is 3.25. The summed E-state index contributed by atoms with van der Waals surface area (Å²) in [7, 11) is 2.04.